The van der Waals surface area contributed by atoms with Gasteiger partial charge in [0.1, 0.15) is 0 Å². The molecule has 78 valence electrons. The maximum absolute atomic E-state index is 11.5. The van der Waals surface area contributed by atoms with Crippen molar-refractivity contribution in [2.45, 2.75) is 33.4 Å². The molecule has 2 fully saturated rings. The van der Waals surface area contributed by atoms with Crippen LogP contribution in [0.1, 0.15) is 27.2 Å². The second kappa shape index (κ2) is 2.16. The first-order valence-corrected chi connectivity index (χ1v) is 5.54. The molecule has 3 nitrogen and oxygen atoms in total. The van der Waals surface area contributed by atoms with Crippen molar-refractivity contribution in [2.75, 3.05) is 6.54 Å². The summed E-state index contributed by atoms with van der Waals surface area (Å²) in [5, 5.41) is 14.8. The zero-order valence-electron chi connectivity index (χ0n) is 9.08. The lowest BCUT2D eigenvalue weighted by atomic mass is 10.1. The van der Waals surface area contributed by atoms with Gasteiger partial charge < -0.3 is 5.21 Å². The van der Waals surface area contributed by atoms with Crippen molar-refractivity contribution in [1.82, 2.24) is 5.32 Å². The van der Waals surface area contributed by atoms with Crippen molar-refractivity contribution in [3.8, 4) is 0 Å². The molecule has 1 aliphatic heterocycles. The summed E-state index contributed by atoms with van der Waals surface area (Å²) in [6.07, 6.45) is 3.03. The minimum Gasteiger partial charge on any atom is -0.623 e. The summed E-state index contributed by atoms with van der Waals surface area (Å²) in [5.41, 5.74) is 0.953. The summed E-state index contributed by atoms with van der Waals surface area (Å²) in [6.45, 7) is 7.75. The molecule has 3 aliphatic rings. The predicted molar refractivity (Wildman–Crippen MR) is 55.0 cm³/mol. The normalized spacial score (nSPS) is 53.4. The van der Waals surface area contributed by atoms with Crippen molar-refractivity contribution in [3.05, 3.63) is 5.21 Å². The van der Waals surface area contributed by atoms with Crippen LogP contribution < -0.4 is 5.32 Å². The van der Waals surface area contributed by atoms with E-state index in [1.54, 1.807) is 6.21 Å². The van der Waals surface area contributed by atoms with Gasteiger partial charge in [0.25, 0.3) is 0 Å². The Kier molecular flexibility index (Phi) is 1.34. The number of rotatable bonds is 1. The molecular weight excluding hydrogens is 176 g/mol. The maximum atomic E-state index is 11.5. The van der Waals surface area contributed by atoms with Crippen molar-refractivity contribution < 1.29 is 4.74 Å². The molecule has 2 aliphatic carbocycles. The highest BCUT2D eigenvalue weighted by atomic mass is 16.5. The number of nitrogens with one attached hydrogen (secondary N) is 1. The van der Waals surface area contributed by atoms with E-state index in [-0.39, 0.29) is 6.17 Å². The fourth-order valence-corrected chi connectivity index (χ4v) is 3.89. The van der Waals surface area contributed by atoms with Crippen LogP contribution in [-0.4, -0.2) is 23.7 Å². The van der Waals surface area contributed by atoms with E-state index in [9.17, 15) is 5.21 Å². The van der Waals surface area contributed by atoms with E-state index < -0.39 is 0 Å². The van der Waals surface area contributed by atoms with E-state index in [0.717, 1.165) is 17.2 Å². The molecule has 1 N–H and O–H groups in total. The van der Waals surface area contributed by atoms with Crippen LogP contribution in [0, 0.1) is 27.9 Å². The number of hydroxylamine groups is 1. The third-order valence-corrected chi connectivity index (χ3v) is 5.28. The van der Waals surface area contributed by atoms with Crippen molar-refractivity contribution in [3.63, 3.8) is 0 Å². The van der Waals surface area contributed by atoms with Gasteiger partial charge in [-0.15, -0.1) is 0 Å². The monoisotopic (exact) mass is 194 g/mol. The van der Waals surface area contributed by atoms with Gasteiger partial charge in [0.2, 0.25) is 6.17 Å². The average molecular weight is 194 g/mol. The van der Waals surface area contributed by atoms with Gasteiger partial charge in [-0.05, 0) is 23.2 Å². The minimum absolute atomic E-state index is 0.0687. The Morgan fingerprint density at radius 1 is 1.50 bits per heavy atom. The second-order valence-corrected chi connectivity index (χ2v) is 5.69. The molecule has 0 radical (unpaired) electrons. The third kappa shape index (κ3) is 0.724. The Bertz CT molecular complexity index is 323. The zero-order chi connectivity index (χ0) is 10.1. The number of nitrogens with zero attached hydrogens (tertiary/aromatic N) is 1. The van der Waals surface area contributed by atoms with Gasteiger partial charge in [0.15, 0.2) is 6.21 Å². The molecule has 1 heterocycles. The molecule has 14 heavy (non-hydrogen) atoms. The number of hydrogen-bond donors (Lipinski definition) is 1. The minimum atomic E-state index is 0.0687. The molecule has 0 aromatic carbocycles. The van der Waals surface area contributed by atoms with Crippen LogP contribution in [0.4, 0.5) is 0 Å². The molecule has 0 bridgehead atoms. The molecular formula is C11H18N2O. The van der Waals surface area contributed by atoms with E-state index in [1.807, 2.05) is 0 Å². The highest BCUT2D eigenvalue weighted by Crippen LogP contribution is 2.85. The fourth-order valence-electron chi connectivity index (χ4n) is 3.89. The van der Waals surface area contributed by atoms with Crippen LogP contribution in [0.5, 0.6) is 0 Å². The van der Waals surface area contributed by atoms with Gasteiger partial charge in [0, 0.05) is 5.92 Å². The summed E-state index contributed by atoms with van der Waals surface area (Å²) < 4.78 is 1.13. The average Bonchev–Trinajstić information content (AvgIpc) is 2.87. The van der Waals surface area contributed by atoms with E-state index in [2.05, 4.69) is 26.1 Å². The van der Waals surface area contributed by atoms with Crippen molar-refractivity contribution in [1.29, 1.82) is 0 Å². The SMILES string of the molecule is CC1C(C)(C)[C@]12CC2C1NCC=[N+]1[O-]. The zero-order valence-corrected chi connectivity index (χ0v) is 9.08. The van der Waals surface area contributed by atoms with Crippen LogP contribution in [0.3, 0.4) is 0 Å². The van der Waals surface area contributed by atoms with E-state index in [4.69, 9.17) is 0 Å². The van der Waals surface area contributed by atoms with Crippen LogP contribution in [0.2, 0.25) is 0 Å². The highest BCUT2D eigenvalue weighted by molar-refractivity contribution is 5.55. The van der Waals surface area contributed by atoms with Gasteiger partial charge in [-0.3, -0.25) is 0 Å². The van der Waals surface area contributed by atoms with Crippen molar-refractivity contribution >= 4 is 6.21 Å². The smallest absolute Gasteiger partial charge is 0.220 e. The lowest BCUT2D eigenvalue weighted by Crippen LogP contribution is -2.33. The standard InChI is InChI=1S/C11H18N2O/c1-7-10(2,3)11(7)6-8(11)9-12-4-5-13(9)14/h5,7-9,12H,4,6H2,1-3H3/t7?,8?,9?,11-/m1/s1. The first-order valence-electron chi connectivity index (χ1n) is 5.54. The largest absolute Gasteiger partial charge is 0.623 e. The van der Waals surface area contributed by atoms with E-state index in [1.165, 1.54) is 6.42 Å². The maximum Gasteiger partial charge on any atom is 0.220 e. The van der Waals surface area contributed by atoms with Gasteiger partial charge >= 0.3 is 0 Å². The van der Waals surface area contributed by atoms with E-state index in [0.29, 0.717) is 16.7 Å². The van der Waals surface area contributed by atoms with Crippen LogP contribution in [0.15, 0.2) is 0 Å². The van der Waals surface area contributed by atoms with Gasteiger partial charge in [-0.2, -0.15) is 4.74 Å². The highest BCUT2D eigenvalue weighted by Gasteiger charge is 2.83. The van der Waals surface area contributed by atoms with E-state index >= 15 is 0 Å². The molecule has 3 heteroatoms. The second-order valence-electron chi connectivity index (χ2n) is 5.69. The van der Waals surface area contributed by atoms with Crippen LogP contribution in [0.25, 0.3) is 0 Å². The van der Waals surface area contributed by atoms with Gasteiger partial charge in [0.05, 0.1) is 6.54 Å². The Hall–Kier alpha value is -0.570. The Balaban J connectivity index is 1.79. The predicted octanol–water partition coefficient (Wildman–Crippen LogP) is 1.18. The first-order chi connectivity index (χ1) is 6.52. The summed E-state index contributed by atoms with van der Waals surface area (Å²) in [7, 11) is 0. The summed E-state index contributed by atoms with van der Waals surface area (Å²) in [4.78, 5) is 0. The first kappa shape index (κ1) is 8.72. The Labute approximate surface area is 84.8 Å². The summed E-state index contributed by atoms with van der Waals surface area (Å²) in [6, 6.07) is 0. The Morgan fingerprint density at radius 2 is 2.14 bits per heavy atom. The topological polar surface area (TPSA) is 38.1 Å². The summed E-state index contributed by atoms with van der Waals surface area (Å²) in [5.74, 6) is 1.37. The lowest BCUT2D eigenvalue weighted by Gasteiger charge is -2.11. The molecule has 0 amide bonds. The fraction of sp³-hybridized carbons (Fsp3) is 0.909. The molecule has 0 aromatic heterocycles. The molecule has 0 aromatic rings. The van der Waals surface area contributed by atoms with Gasteiger partial charge in [-0.25, -0.2) is 5.32 Å². The molecule has 1 spiro atoms. The molecule has 2 saturated carbocycles. The lowest BCUT2D eigenvalue weighted by molar-refractivity contribution is -0.499. The summed E-state index contributed by atoms with van der Waals surface area (Å²) >= 11 is 0. The molecule has 4 atom stereocenters. The van der Waals surface area contributed by atoms with Crippen LogP contribution in [-0.2, 0) is 0 Å². The van der Waals surface area contributed by atoms with Gasteiger partial charge in [-0.1, -0.05) is 20.8 Å². The Morgan fingerprint density at radius 3 is 2.50 bits per heavy atom. The molecule has 3 rings (SSSR count). The third-order valence-electron chi connectivity index (χ3n) is 5.28. The molecule has 0 saturated heterocycles. The van der Waals surface area contributed by atoms with Crippen molar-refractivity contribution in [2.24, 2.45) is 22.7 Å². The quantitative estimate of drug-likeness (QED) is 0.503. The molecule has 3 unspecified atom stereocenters. The number of hydrogen-bond acceptors (Lipinski definition) is 2. The van der Waals surface area contributed by atoms with Crippen LogP contribution >= 0.6 is 0 Å².